The summed E-state index contributed by atoms with van der Waals surface area (Å²) in [6, 6.07) is 8.26. The maximum absolute atomic E-state index is 14.3. The normalized spacial score (nSPS) is 15.4. The van der Waals surface area contributed by atoms with Gasteiger partial charge in [0.15, 0.2) is 28.3 Å². The number of hydrogen-bond donors (Lipinski definition) is 1. The highest BCUT2D eigenvalue weighted by atomic mass is 32.1. The maximum atomic E-state index is 14.3. The predicted molar refractivity (Wildman–Crippen MR) is 106 cm³/mol. The maximum Gasteiger partial charge on any atom is 0.196 e. The molecule has 0 radical (unpaired) electrons. The number of halogens is 3. The Morgan fingerprint density at radius 1 is 1.14 bits per heavy atom. The molecule has 8 heteroatoms. The number of Topliss-reactive ketones (excluding diaryl/α,β-unsaturated/α-hetero) is 1. The van der Waals surface area contributed by atoms with E-state index in [1.165, 1.54) is 0 Å². The first-order valence-corrected chi connectivity index (χ1v) is 9.26. The molecule has 0 aromatic heterocycles. The number of nitrogens with zero attached hydrogens (tertiary/aromatic N) is 2. The van der Waals surface area contributed by atoms with Crippen LogP contribution in [0.1, 0.15) is 23.2 Å². The second-order valence-corrected chi connectivity index (χ2v) is 7.28. The number of anilines is 2. The smallest absolute Gasteiger partial charge is 0.196 e. The van der Waals surface area contributed by atoms with Crippen LogP contribution in [0.3, 0.4) is 0 Å². The molecule has 4 nitrogen and oxygen atoms in total. The predicted octanol–water partition coefficient (Wildman–Crippen LogP) is 4.01. The quantitative estimate of drug-likeness (QED) is 0.472. The zero-order valence-corrected chi connectivity index (χ0v) is 16.1. The summed E-state index contributed by atoms with van der Waals surface area (Å²) >= 11 is 4.99. The molecular formula is C20H20F3N3OS. The van der Waals surface area contributed by atoms with Crippen molar-refractivity contribution < 1.29 is 18.0 Å². The Bertz CT molecular complexity index is 914. The minimum atomic E-state index is -1.61. The number of rotatable bonds is 4. The fraction of sp³-hybridized carbons (Fsp3) is 0.300. The largest absolute Gasteiger partial charge is 0.376 e. The average molecular weight is 407 g/mol. The van der Waals surface area contributed by atoms with Crippen molar-refractivity contribution in [2.45, 2.75) is 12.8 Å². The lowest BCUT2D eigenvalue weighted by Crippen LogP contribution is -2.34. The van der Waals surface area contributed by atoms with Gasteiger partial charge in [-0.2, -0.15) is 0 Å². The van der Waals surface area contributed by atoms with E-state index < -0.39 is 17.5 Å². The number of carbonyl (C=O) groups is 1. The average Bonchev–Trinajstić information content (AvgIpc) is 2.68. The van der Waals surface area contributed by atoms with Crippen LogP contribution in [0.25, 0.3) is 0 Å². The fourth-order valence-corrected chi connectivity index (χ4v) is 3.58. The summed E-state index contributed by atoms with van der Waals surface area (Å²) in [5.41, 5.74) is 6.15. The van der Waals surface area contributed by atoms with Gasteiger partial charge in [-0.05, 0) is 69.5 Å². The molecule has 0 amide bonds. The first-order valence-electron chi connectivity index (χ1n) is 8.85. The summed E-state index contributed by atoms with van der Waals surface area (Å²) in [4.78, 5) is 16.1. The van der Waals surface area contributed by atoms with Crippen molar-refractivity contribution in [3.8, 4) is 0 Å². The fourth-order valence-electron chi connectivity index (χ4n) is 3.38. The highest BCUT2D eigenvalue weighted by Crippen LogP contribution is 2.31. The first-order chi connectivity index (χ1) is 13.3. The van der Waals surface area contributed by atoms with Crippen LogP contribution in [0.2, 0.25) is 0 Å². The molecule has 1 aliphatic rings. The van der Waals surface area contributed by atoms with Crippen LogP contribution in [-0.4, -0.2) is 35.9 Å². The van der Waals surface area contributed by atoms with Crippen molar-refractivity contribution in [2.75, 3.05) is 25.0 Å². The molecule has 0 unspecified atom stereocenters. The summed E-state index contributed by atoms with van der Waals surface area (Å²) in [5.74, 6) is -4.43. The van der Waals surface area contributed by atoms with E-state index in [4.69, 9.17) is 18.0 Å². The van der Waals surface area contributed by atoms with E-state index in [-0.39, 0.29) is 22.5 Å². The number of ketones is 1. The lowest BCUT2D eigenvalue weighted by molar-refractivity contribution is 0.0857. The van der Waals surface area contributed by atoms with Crippen molar-refractivity contribution in [1.29, 1.82) is 0 Å². The van der Waals surface area contributed by atoms with Gasteiger partial charge in [0.05, 0.1) is 5.69 Å². The topological polar surface area (TPSA) is 49.6 Å². The van der Waals surface area contributed by atoms with E-state index in [0.717, 1.165) is 43.0 Å². The molecule has 1 aliphatic heterocycles. The molecule has 0 atom stereocenters. The van der Waals surface area contributed by atoms with E-state index in [0.29, 0.717) is 11.3 Å². The molecular weight excluding hydrogens is 387 g/mol. The Balaban J connectivity index is 1.95. The Hall–Kier alpha value is -2.45. The van der Waals surface area contributed by atoms with Gasteiger partial charge < -0.3 is 10.6 Å². The first kappa shape index (κ1) is 20.3. The Morgan fingerprint density at radius 3 is 2.46 bits per heavy atom. The van der Waals surface area contributed by atoms with Crippen LogP contribution in [-0.2, 0) is 0 Å². The van der Waals surface area contributed by atoms with Crippen LogP contribution in [0, 0.1) is 23.4 Å². The highest BCUT2D eigenvalue weighted by molar-refractivity contribution is 7.80. The van der Waals surface area contributed by atoms with Gasteiger partial charge in [-0.3, -0.25) is 9.69 Å². The molecule has 2 aromatic rings. The number of hydrogen-bond acceptors (Lipinski definition) is 3. The van der Waals surface area contributed by atoms with Crippen molar-refractivity contribution in [3.05, 3.63) is 59.4 Å². The molecule has 1 fully saturated rings. The van der Waals surface area contributed by atoms with Crippen LogP contribution in [0.5, 0.6) is 0 Å². The SMILES string of the molecule is CN1CCC(C(=O)c2cccc(N(C(N)=S)c3ccc(F)c(F)c3F)c2)CC1. The van der Waals surface area contributed by atoms with E-state index in [2.05, 4.69) is 4.90 Å². The summed E-state index contributed by atoms with van der Waals surface area (Å²) in [7, 11) is 2.01. The van der Waals surface area contributed by atoms with Gasteiger partial charge in [0, 0.05) is 17.2 Å². The van der Waals surface area contributed by atoms with Crippen molar-refractivity contribution in [3.63, 3.8) is 0 Å². The van der Waals surface area contributed by atoms with Crippen LogP contribution in [0.15, 0.2) is 36.4 Å². The standard InChI is InChI=1S/C20H20F3N3OS/c1-25-9-7-12(8-10-25)19(27)13-3-2-4-14(11-13)26(20(24)28)16-6-5-15(21)17(22)18(16)23/h2-6,11-12H,7-10H2,1H3,(H2,24,28). The van der Waals surface area contributed by atoms with Gasteiger partial charge in [0.25, 0.3) is 0 Å². The zero-order valence-electron chi connectivity index (χ0n) is 15.3. The lowest BCUT2D eigenvalue weighted by atomic mass is 9.89. The molecule has 1 heterocycles. The van der Waals surface area contributed by atoms with Gasteiger partial charge in [0.2, 0.25) is 0 Å². The Morgan fingerprint density at radius 2 is 1.82 bits per heavy atom. The summed E-state index contributed by atoms with van der Waals surface area (Å²) in [6.07, 6.45) is 1.52. The monoisotopic (exact) mass is 407 g/mol. The van der Waals surface area contributed by atoms with Gasteiger partial charge in [-0.1, -0.05) is 12.1 Å². The molecule has 28 heavy (non-hydrogen) atoms. The highest BCUT2D eigenvalue weighted by Gasteiger charge is 2.26. The second-order valence-electron chi connectivity index (χ2n) is 6.86. The number of thiocarbonyl (C=S) groups is 1. The van der Waals surface area contributed by atoms with E-state index >= 15 is 0 Å². The zero-order chi connectivity index (χ0) is 20.4. The van der Waals surface area contributed by atoms with Gasteiger partial charge in [0.1, 0.15) is 0 Å². The number of carbonyl (C=O) groups excluding carboxylic acids is 1. The van der Waals surface area contributed by atoms with Crippen molar-refractivity contribution in [2.24, 2.45) is 11.7 Å². The molecule has 0 saturated carbocycles. The Labute approximate surface area is 166 Å². The van der Waals surface area contributed by atoms with Gasteiger partial charge >= 0.3 is 0 Å². The van der Waals surface area contributed by atoms with Crippen LogP contribution >= 0.6 is 12.2 Å². The van der Waals surface area contributed by atoms with Gasteiger partial charge in [-0.25, -0.2) is 13.2 Å². The van der Waals surface area contributed by atoms with E-state index in [1.54, 1.807) is 24.3 Å². The van der Waals surface area contributed by atoms with Crippen LogP contribution in [0.4, 0.5) is 24.5 Å². The van der Waals surface area contributed by atoms with E-state index in [1.807, 2.05) is 7.05 Å². The molecule has 2 aromatic carbocycles. The van der Waals surface area contributed by atoms with Crippen molar-refractivity contribution >= 4 is 34.5 Å². The summed E-state index contributed by atoms with van der Waals surface area (Å²) in [5, 5.41) is -0.256. The molecule has 0 aliphatic carbocycles. The van der Waals surface area contributed by atoms with Crippen LogP contribution < -0.4 is 10.6 Å². The number of benzene rings is 2. The Kier molecular flexibility index (Phi) is 6.00. The molecule has 0 bridgehead atoms. The molecule has 148 valence electrons. The number of nitrogens with two attached hydrogens (primary N) is 1. The van der Waals surface area contributed by atoms with E-state index in [9.17, 15) is 18.0 Å². The number of piperidine rings is 1. The number of likely N-dealkylation sites (tertiary alicyclic amines) is 1. The minimum Gasteiger partial charge on any atom is -0.376 e. The minimum absolute atomic E-state index is 0.0106. The molecule has 0 spiro atoms. The van der Waals surface area contributed by atoms with Crippen molar-refractivity contribution in [1.82, 2.24) is 4.90 Å². The molecule has 2 N–H and O–H groups in total. The summed E-state index contributed by atoms with van der Waals surface area (Å²) in [6.45, 7) is 1.68. The summed E-state index contributed by atoms with van der Waals surface area (Å²) < 4.78 is 41.3. The second kappa shape index (κ2) is 8.28. The molecule has 3 rings (SSSR count). The molecule has 1 saturated heterocycles. The third-order valence-corrected chi connectivity index (χ3v) is 5.14. The third-order valence-electron chi connectivity index (χ3n) is 4.95. The van der Waals surface area contributed by atoms with Gasteiger partial charge in [-0.15, -0.1) is 0 Å². The third kappa shape index (κ3) is 4.02. The lowest BCUT2D eigenvalue weighted by Gasteiger charge is -2.28.